The Morgan fingerprint density at radius 2 is 1.52 bits per heavy atom. The van der Waals surface area contributed by atoms with E-state index >= 15 is 0 Å². The first-order chi connectivity index (χ1) is 21.2. The van der Waals surface area contributed by atoms with Crippen LogP contribution >= 0.6 is 11.8 Å². The molecule has 0 radical (unpaired) electrons. The normalized spacial score (nSPS) is 10.8. The molecular weight excluding hydrogens is 580 g/mol. The van der Waals surface area contributed by atoms with Gasteiger partial charge in [0.05, 0.1) is 20.0 Å². The summed E-state index contributed by atoms with van der Waals surface area (Å²) in [4.78, 5) is 51.0. The third kappa shape index (κ3) is 8.73. The number of hydrogen-bond donors (Lipinski definition) is 4. The van der Waals surface area contributed by atoms with Gasteiger partial charge in [-0.3, -0.25) is 19.2 Å². The van der Waals surface area contributed by atoms with E-state index in [1.165, 1.54) is 44.2 Å². The number of carbonyl (C=O) groups excluding carboxylic acids is 4. The molecule has 44 heavy (non-hydrogen) atoms. The maximum atomic E-state index is 13.5. The Bertz CT molecular complexity index is 1690. The maximum Gasteiger partial charge on any atom is 0.272 e. The van der Waals surface area contributed by atoms with Gasteiger partial charge in [0.15, 0.2) is 0 Å². The summed E-state index contributed by atoms with van der Waals surface area (Å²) in [5, 5.41) is 8.29. The second-order valence-corrected chi connectivity index (χ2v) is 10.3. The molecule has 4 aromatic rings. The van der Waals surface area contributed by atoms with Crippen LogP contribution in [0.4, 0.5) is 11.4 Å². The Balaban J connectivity index is 1.49. The summed E-state index contributed by atoms with van der Waals surface area (Å²) in [6.07, 6.45) is 1.51. The molecule has 0 aliphatic heterocycles. The quantitative estimate of drug-likeness (QED) is 0.131. The van der Waals surface area contributed by atoms with E-state index in [1.807, 2.05) is 6.07 Å². The first-order valence-electron chi connectivity index (χ1n) is 13.3. The summed E-state index contributed by atoms with van der Waals surface area (Å²) in [7, 11) is 3.03. The van der Waals surface area contributed by atoms with Crippen molar-refractivity contribution < 1.29 is 28.7 Å². The average Bonchev–Trinajstić information content (AvgIpc) is 3.04. The summed E-state index contributed by atoms with van der Waals surface area (Å²) < 4.78 is 10.8. The molecule has 0 unspecified atom stereocenters. The van der Waals surface area contributed by atoms with Crippen LogP contribution in [-0.2, 0) is 9.59 Å². The number of primary amides is 1. The highest BCUT2D eigenvalue weighted by atomic mass is 32.2. The number of anilines is 2. The SMILES string of the molecule is COc1ccc(OC)c(/C=C(/NC(=O)c2ccccc2)C(=O)Nc2cccc(SCC(=O)Nc3ccc(C(N)=O)cc3)c2)c1. The fourth-order valence-corrected chi connectivity index (χ4v) is 4.73. The number of amides is 4. The van der Waals surface area contributed by atoms with Crippen molar-refractivity contribution in [1.82, 2.24) is 5.32 Å². The van der Waals surface area contributed by atoms with Gasteiger partial charge >= 0.3 is 0 Å². The Hall–Kier alpha value is -5.55. The van der Waals surface area contributed by atoms with Crippen LogP contribution in [0, 0.1) is 0 Å². The van der Waals surface area contributed by atoms with Gasteiger partial charge in [0.25, 0.3) is 11.8 Å². The number of nitrogens with two attached hydrogens (primary N) is 1. The Kier molecular flexibility index (Phi) is 10.8. The van der Waals surface area contributed by atoms with Gasteiger partial charge in [0, 0.05) is 33.0 Å². The highest BCUT2D eigenvalue weighted by Crippen LogP contribution is 2.27. The zero-order valence-corrected chi connectivity index (χ0v) is 24.8. The summed E-state index contributed by atoms with van der Waals surface area (Å²) in [6.45, 7) is 0. The number of methoxy groups -OCH3 is 2. The standard InChI is InChI=1S/C33H30N4O6S/c1-42-26-15-16-29(43-2)23(17-26)18-28(37-32(40)22-7-4-3-5-8-22)33(41)36-25-9-6-10-27(19-25)44-20-30(38)35-24-13-11-21(12-14-24)31(34)39/h3-19H,20H2,1-2H3,(H2,34,39)(H,35,38)(H,36,41)(H,37,40)/b28-18+. The van der Waals surface area contributed by atoms with Crippen LogP contribution in [-0.4, -0.2) is 43.6 Å². The van der Waals surface area contributed by atoms with Crippen LogP contribution in [0.15, 0.2) is 108 Å². The van der Waals surface area contributed by atoms with E-state index in [1.54, 1.807) is 78.9 Å². The second kappa shape index (κ2) is 15.1. The zero-order valence-electron chi connectivity index (χ0n) is 24.0. The Labute approximate surface area is 258 Å². The summed E-state index contributed by atoms with van der Waals surface area (Å²) in [5.74, 6) is -0.716. The van der Waals surface area contributed by atoms with Gasteiger partial charge in [-0.05, 0) is 78.9 Å². The van der Waals surface area contributed by atoms with Gasteiger partial charge in [0.1, 0.15) is 17.2 Å². The van der Waals surface area contributed by atoms with Gasteiger partial charge in [-0.2, -0.15) is 0 Å². The van der Waals surface area contributed by atoms with E-state index in [9.17, 15) is 19.2 Å². The smallest absolute Gasteiger partial charge is 0.272 e. The number of nitrogens with one attached hydrogen (secondary N) is 3. The minimum Gasteiger partial charge on any atom is -0.497 e. The van der Waals surface area contributed by atoms with E-state index in [0.29, 0.717) is 39.6 Å². The lowest BCUT2D eigenvalue weighted by atomic mass is 10.1. The molecular formula is C33H30N4O6S. The lowest BCUT2D eigenvalue weighted by Gasteiger charge is -2.13. The molecule has 224 valence electrons. The first-order valence-corrected chi connectivity index (χ1v) is 14.3. The van der Waals surface area contributed by atoms with Crippen LogP contribution in [0.5, 0.6) is 11.5 Å². The molecule has 4 rings (SSSR count). The molecule has 0 fully saturated rings. The molecule has 0 spiro atoms. The molecule has 10 nitrogen and oxygen atoms in total. The van der Waals surface area contributed by atoms with Crippen LogP contribution in [0.3, 0.4) is 0 Å². The maximum absolute atomic E-state index is 13.5. The fraction of sp³-hybridized carbons (Fsp3) is 0.0909. The lowest BCUT2D eigenvalue weighted by Crippen LogP contribution is -2.30. The van der Waals surface area contributed by atoms with Crippen LogP contribution < -0.4 is 31.2 Å². The zero-order chi connectivity index (χ0) is 31.5. The molecule has 0 aliphatic rings. The largest absolute Gasteiger partial charge is 0.497 e. The van der Waals surface area contributed by atoms with Crippen LogP contribution in [0.2, 0.25) is 0 Å². The molecule has 4 amide bonds. The van der Waals surface area contributed by atoms with E-state index in [4.69, 9.17) is 15.2 Å². The summed E-state index contributed by atoms with van der Waals surface area (Å²) in [6, 6.07) is 26.9. The van der Waals surface area contributed by atoms with Crippen molar-refractivity contribution in [1.29, 1.82) is 0 Å². The van der Waals surface area contributed by atoms with Gasteiger partial charge in [-0.25, -0.2) is 0 Å². The monoisotopic (exact) mass is 610 g/mol. The molecule has 0 aromatic heterocycles. The molecule has 0 heterocycles. The van der Waals surface area contributed by atoms with Crippen molar-refractivity contribution >= 4 is 52.8 Å². The van der Waals surface area contributed by atoms with Crippen molar-refractivity contribution in [3.05, 3.63) is 119 Å². The van der Waals surface area contributed by atoms with Gasteiger partial charge in [-0.15, -0.1) is 11.8 Å². The second-order valence-electron chi connectivity index (χ2n) is 9.25. The molecule has 0 saturated carbocycles. The molecule has 5 N–H and O–H groups in total. The number of benzene rings is 4. The number of hydrogen-bond acceptors (Lipinski definition) is 7. The summed E-state index contributed by atoms with van der Waals surface area (Å²) >= 11 is 1.27. The van der Waals surface area contributed by atoms with Crippen LogP contribution in [0.25, 0.3) is 6.08 Å². The van der Waals surface area contributed by atoms with Crippen molar-refractivity contribution in [3.63, 3.8) is 0 Å². The van der Waals surface area contributed by atoms with Crippen molar-refractivity contribution in [3.8, 4) is 11.5 Å². The Morgan fingerprint density at radius 1 is 0.773 bits per heavy atom. The van der Waals surface area contributed by atoms with Crippen molar-refractivity contribution in [2.75, 3.05) is 30.6 Å². The molecule has 0 atom stereocenters. The predicted octanol–water partition coefficient (Wildman–Crippen LogP) is 4.94. The van der Waals surface area contributed by atoms with E-state index in [2.05, 4.69) is 16.0 Å². The molecule has 0 bridgehead atoms. The molecule has 11 heteroatoms. The van der Waals surface area contributed by atoms with Crippen LogP contribution in [0.1, 0.15) is 26.3 Å². The fourth-order valence-electron chi connectivity index (χ4n) is 3.98. The molecule has 4 aromatic carbocycles. The minimum atomic E-state index is -0.571. The average molecular weight is 611 g/mol. The number of thioether (sulfide) groups is 1. The van der Waals surface area contributed by atoms with Crippen molar-refractivity contribution in [2.24, 2.45) is 5.73 Å². The minimum absolute atomic E-state index is 0.0230. The van der Waals surface area contributed by atoms with Crippen molar-refractivity contribution in [2.45, 2.75) is 4.90 Å². The third-order valence-electron chi connectivity index (χ3n) is 6.18. The number of carbonyl (C=O) groups is 4. The first kappa shape index (κ1) is 31.4. The summed E-state index contributed by atoms with van der Waals surface area (Å²) in [5.41, 5.74) is 7.46. The highest BCUT2D eigenvalue weighted by Gasteiger charge is 2.17. The third-order valence-corrected chi connectivity index (χ3v) is 7.17. The highest BCUT2D eigenvalue weighted by molar-refractivity contribution is 8.00. The number of rotatable bonds is 12. The van der Waals surface area contributed by atoms with E-state index in [-0.39, 0.29) is 17.4 Å². The van der Waals surface area contributed by atoms with Gasteiger partial charge < -0.3 is 31.2 Å². The van der Waals surface area contributed by atoms with E-state index < -0.39 is 17.7 Å². The molecule has 0 aliphatic carbocycles. The predicted molar refractivity (Wildman–Crippen MR) is 171 cm³/mol. The van der Waals surface area contributed by atoms with Gasteiger partial charge in [-0.1, -0.05) is 24.3 Å². The lowest BCUT2D eigenvalue weighted by molar-refractivity contribution is -0.114. The van der Waals surface area contributed by atoms with Gasteiger partial charge in [0.2, 0.25) is 11.8 Å². The Morgan fingerprint density at radius 3 is 2.20 bits per heavy atom. The topological polar surface area (TPSA) is 149 Å². The molecule has 0 saturated heterocycles. The van der Waals surface area contributed by atoms with E-state index in [0.717, 1.165) is 4.90 Å². The number of ether oxygens (including phenoxy) is 2.